The molecule has 7 nitrogen and oxygen atoms in total. The predicted molar refractivity (Wildman–Crippen MR) is 84.5 cm³/mol. The Hall–Kier alpha value is -1.31. The van der Waals surface area contributed by atoms with Gasteiger partial charge in [-0.25, -0.2) is 4.79 Å². The number of amides is 1. The molecule has 2 aliphatic rings. The minimum atomic E-state index is -0.760. The van der Waals surface area contributed by atoms with Crippen LogP contribution in [0, 0.1) is 0 Å². The van der Waals surface area contributed by atoms with Crippen molar-refractivity contribution in [3.8, 4) is 0 Å². The Morgan fingerprint density at radius 2 is 2.04 bits per heavy atom. The minimum Gasteiger partial charge on any atom is -0.499 e. The Morgan fingerprint density at radius 1 is 1.39 bits per heavy atom. The van der Waals surface area contributed by atoms with Gasteiger partial charge in [-0.15, -0.1) is 0 Å². The molecule has 1 fully saturated rings. The van der Waals surface area contributed by atoms with Crippen molar-refractivity contribution >= 4 is 6.09 Å². The lowest BCUT2D eigenvalue weighted by atomic mass is 10.0. The highest BCUT2D eigenvalue weighted by Crippen LogP contribution is 2.35. The average molecular weight is 328 g/mol. The van der Waals surface area contributed by atoms with Crippen LogP contribution in [0.4, 0.5) is 4.79 Å². The van der Waals surface area contributed by atoms with E-state index in [1.807, 2.05) is 47.7 Å². The Labute approximate surface area is 138 Å². The number of carbonyl (C=O) groups is 1. The molecule has 2 atom stereocenters. The molecule has 0 unspecified atom stereocenters. The summed E-state index contributed by atoms with van der Waals surface area (Å²) in [5, 5.41) is 1.71. The van der Waals surface area contributed by atoms with Gasteiger partial charge in [-0.05, 0) is 40.7 Å². The highest BCUT2D eigenvalue weighted by atomic mass is 16.7. The molecule has 0 radical (unpaired) electrons. The number of methoxy groups -OCH3 is 1. The maximum atomic E-state index is 12.7. The van der Waals surface area contributed by atoms with Crippen molar-refractivity contribution in [2.45, 2.75) is 58.0 Å². The van der Waals surface area contributed by atoms with Crippen molar-refractivity contribution < 1.29 is 23.8 Å². The molecule has 0 aromatic carbocycles. The molecule has 7 heteroatoms. The summed E-state index contributed by atoms with van der Waals surface area (Å²) in [5.41, 5.74) is -1.33. The third-order valence-corrected chi connectivity index (χ3v) is 3.96. The predicted octanol–water partition coefficient (Wildman–Crippen LogP) is 2.13. The molecule has 2 heterocycles. The van der Waals surface area contributed by atoms with Crippen molar-refractivity contribution in [2.75, 3.05) is 27.4 Å². The average Bonchev–Trinajstić information content (AvgIpc) is 2.71. The quantitative estimate of drug-likeness (QED) is 0.774. The van der Waals surface area contributed by atoms with Gasteiger partial charge in [-0.2, -0.15) is 5.06 Å². The second kappa shape index (κ2) is 6.30. The zero-order valence-corrected chi connectivity index (χ0v) is 15.1. The fourth-order valence-electron chi connectivity index (χ4n) is 2.98. The van der Waals surface area contributed by atoms with Gasteiger partial charge in [0.1, 0.15) is 23.1 Å². The fourth-order valence-corrected chi connectivity index (χ4v) is 2.98. The molecule has 1 saturated heterocycles. The molecule has 1 amide bonds. The summed E-state index contributed by atoms with van der Waals surface area (Å²) in [6.07, 6.45) is 1.47. The largest absolute Gasteiger partial charge is 0.499 e. The summed E-state index contributed by atoms with van der Waals surface area (Å²) in [7, 11) is 3.45. The lowest BCUT2D eigenvalue weighted by Gasteiger charge is -2.41. The smallest absolute Gasteiger partial charge is 0.412 e. The Kier molecular flexibility index (Phi) is 4.94. The summed E-state index contributed by atoms with van der Waals surface area (Å²) < 4.78 is 16.9. The molecule has 0 saturated carbocycles. The van der Waals surface area contributed by atoms with Crippen molar-refractivity contribution in [1.29, 1.82) is 0 Å². The maximum Gasteiger partial charge on any atom is 0.412 e. The van der Waals surface area contributed by atoms with E-state index in [1.54, 1.807) is 17.1 Å². The normalized spacial score (nSPS) is 28.5. The molecule has 132 valence electrons. The van der Waals surface area contributed by atoms with Crippen LogP contribution in [0.5, 0.6) is 0 Å². The van der Waals surface area contributed by atoms with Gasteiger partial charge in [0.15, 0.2) is 0 Å². The first-order valence-electron chi connectivity index (χ1n) is 7.83. The molecule has 2 aliphatic heterocycles. The van der Waals surface area contributed by atoms with E-state index in [9.17, 15) is 4.79 Å². The first kappa shape index (κ1) is 18.0. The fraction of sp³-hybridized carbons (Fsp3) is 0.812. The monoisotopic (exact) mass is 328 g/mol. The van der Waals surface area contributed by atoms with Gasteiger partial charge >= 0.3 is 6.09 Å². The van der Waals surface area contributed by atoms with E-state index in [2.05, 4.69) is 0 Å². The van der Waals surface area contributed by atoms with Crippen LogP contribution >= 0.6 is 0 Å². The van der Waals surface area contributed by atoms with Gasteiger partial charge in [0.2, 0.25) is 0 Å². The number of ether oxygens (including phenoxy) is 3. The van der Waals surface area contributed by atoms with E-state index in [4.69, 9.17) is 19.0 Å². The van der Waals surface area contributed by atoms with Crippen molar-refractivity contribution in [3.05, 3.63) is 11.8 Å². The zero-order valence-electron chi connectivity index (χ0n) is 15.1. The van der Waals surface area contributed by atoms with E-state index in [1.165, 1.54) is 0 Å². The number of hydrogen-bond acceptors (Lipinski definition) is 6. The molecule has 0 aromatic heterocycles. The highest BCUT2D eigenvalue weighted by Gasteiger charge is 2.51. The minimum absolute atomic E-state index is 0.247. The molecule has 0 bridgehead atoms. The molecule has 0 aliphatic carbocycles. The van der Waals surface area contributed by atoms with Gasteiger partial charge in [-0.1, -0.05) is 0 Å². The van der Waals surface area contributed by atoms with Crippen molar-refractivity contribution in [2.24, 2.45) is 0 Å². The molecule has 0 aromatic rings. The first-order chi connectivity index (χ1) is 10.6. The van der Waals surface area contributed by atoms with Crippen LogP contribution in [-0.4, -0.2) is 66.8 Å². The second-order valence-corrected chi connectivity index (χ2v) is 7.27. The number of rotatable bonds is 2. The number of hydrogen-bond donors (Lipinski definition) is 0. The third-order valence-electron chi connectivity index (χ3n) is 3.96. The standard InChI is InChI=1S/C16H28N2O5/c1-15(2,3)23-14(19)18-11(10-21-16(18,4)5)13-12(20-7)8-9-22-17(13)6/h8,11,13H,9-10H2,1-7H3/t11-,13-/m0/s1. The molecule has 2 rings (SSSR count). The number of hydroxylamine groups is 2. The van der Waals surface area contributed by atoms with Gasteiger partial charge in [0.25, 0.3) is 0 Å². The van der Waals surface area contributed by atoms with E-state index in [0.717, 1.165) is 5.76 Å². The number of carbonyl (C=O) groups excluding carboxylic acids is 1. The topological polar surface area (TPSA) is 60.5 Å². The van der Waals surface area contributed by atoms with Crippen LogP contribution in [0.15, 0.2) is 11.8 Å². The lowest BCUT2D eigenvalue weighted by molar-refractivity contribution is -0.179. The van der Waals surface area contributed by atoms with E-state index < -0.39 is 17.4 Å². The third kappa shape index (κ3) is 3.79. The lowest BCUT2D eigenvalue weighted by Crippen LogP contribution is -2.58. The molecular formula is C16H28N2O5. The van der Waals surface area contributed by atoms with Crippen LogP contribution in [0.3, 0.4) is 0 Å². The van der Waals surface area contributed by atoms with Crippen molar-refractivity contribution in [1.82, 2.24) is 9.96 Å². The van der Waals surface area contributed by atoms with Gasteiger partial charge < -0.3 is 14.2 Å². The second-order valence-electron chi connectivity index (χ2n) is 7.27. The van der Waals surface area contributed by atoms with Crippen LogP contribution in [0.25, 0.3) is 0 Å². The van der Waals surface area contributed by atoms with Crippen LogP contribution in [0.1, 0.15) is 34.6 Å². The molecule has 0 spiro atoms. The summed E-state index contributed by atoms with van der Waals surface area (Å²) >= 11 is 0. The van der Waals surface area contributed by atoms with Gasteiger partial charge in [0, 0.05) is 7.05 Å². The first-order valence-corrected chi connectivity index (χ1v) is 7.83. The van der Waals surface area contributed by atoms with Crippen LogP contribution < -0.4 is 0 Å². The van der Waals surface area contributed by atoms with E-state index >= 15 is 0 Å². The van der Waals surface area contributed by atoms with E-state index in [-0.39, 0.29) is 12.1 Å². The summed E-state index contributed by atoms with van der Waals surface area (Å²) in [6, 6.07) is -0.514. The summed E-state index contributed by atoms with van der Waals surface area (Å²) in [6.45, 7) is 10.1. The molecule has 0 N–H and O–H groups in total. The van der Waals surface area contributed by atoms with Crippen LogP contribution in [0.2, 0.25) is 0 Å². The SMILES string of the molecule is COC1=CCON(C)[C@H]1[C@@H]1COC(C)(C)N1C(=O)OC(C)(C)C. The zero-order chi connectivity index (χ0) is 17.4. The Morgan fingerprint density at radius 3 is 2.61 bits per heavy atom. The van der Waals surface area contributed by atoms with Crippen molar-refractivity contribution in [3.63, 3.8) is 0 Å². The van der Waals surface area contributed by atoms with E-state index in [0.29, 0.717) is 13.2 Å². The van der Waals surface area contributed by atoms with Gasteiger partial charge in [0.05, 0.1) is 26.4 Å². The van der Waals surface area contributed by atoms with Crippen LogP contribution in [-0.2, 0) is 19.0 Å². The van der Waals surface area contributed by atoms with Gasteiger partial charge in [-0.3, -0.25) is 9.74 Å². The Bertz CT molecular complexity index is 483. The number of nitrogens with zero attached hydrogens (tertiary/aromatic N) is 2. The molecule has 23 heavy (non-hydrogen) atoms. The molecular weight excluding hydrogens is 300 g/mol. The summed E-state index contributed by atoms with van der Waals surface area (Å²) in [4.78, 5) is 19.9. The highest BCUT2D eigenvalue weighted by molar-refractivity contribution is 5.70. The Balaban J connectivity index is 2.31. The number of likely N-dealkylation sites (N-methyl/N-ethyl adjacent to an activating group) is 1. The summed E-state index contributed by atoms with van der Waals surface area (Å²) in [5.74, 6) is 0.763. The maximum absolute atomic E-state index is 12.7.